The fraction of sp³-hybridized carbons (Fsp3) is 0.0769. The van der Waals surface area contributed by atoms with Gasteiger partial charge in [-0.15, -0.1) is 0 Å². The van der Waals surface area contributed by atoms with E-state index in [2.05, 4.69) is 9.44 Å². The van der Waals surface area contributed by atoms with Crippen molar-refractivity contribution in [3.05, 3.63) is 54.1 Å². The minimum atomic E-state index is -4.37. The maximum absolute atomic E-state index is 13.6. The highest BCUT2D eigenvalue weighted by Crippen LogP contribution is 2.26. The minimum Gasteiger partial charge on any atom is -0.282 e. The van der Waals surface area contributed by atoms with Crippen LogP contribution in [-0.4, -0.2) is 23.1 Å². The van der Waals surface area contributed by atoms with Gasteiger partial charge in [-0.05, 0) is 24.3 Å². The Kier molecular flexibility index (Phi) is 4.57. The van der Waals surface area contributed by atoms with Crippen LogP contribution in [0.25, 0.3) is 0 Å². The number of anilines is 2. The maximum atomic E-state index is 13.6. The Morgan fingerprint density at radius 3 is 1.96 bits per heavy atom. The number of hydrogen-bond acceptors (Lipinski definition) is 4. The van der Waals surface area contributed by atoms with E-state index in [0.717, 1.165) is 18.4 Å². The average molecular weight is 362 g/mol. The van der Waals surface area contributed by atoms with Crippen molar-refractivity contribution in [2.45, 2.75) is 4.90 Å². The normalized spacial score (nSPS) is 12.0. The molecule has 0 spiro atoms. The number of hydrogen-bond donors (Lipinski definition) is 2. The summed E-state index contributed by atoms with van der Waals surface area (Å²) in [7, 11) is -8.01. The van der Waals surface area contributed by atoms with E-state index in [-0.39, 0.29) is 11.4 Å². The first-order chi connectivity index (χ1) is 10.6. The van der Waals surface area contributed by atoms with Crippen molar-refractivity contribution in [3.63, 3.8) is 0 Å². The number of halogens is 2. The van der Waals surface area contributed by atoms with Gasteiger partial charge in [-0.1, -0.05) is 12.1 Å². The Balaban J connectivity index is 2.42. The number of sulfonamides is 2. The molecule has 0 fully saturated rings. The summed E-state index contributed by atoms with van der Waals surface area (Å²) in [4.78, 5) is -0.756. The molecule has 0 radical (unpaired) electrons. The highest BCUT2D eigenvalue weighted by molar-refractivity contribution is 7.93. The third-order valence-corrected chi connectivity index (χ3v) is 4.64. The molecule has 2 aromatic rings. The third-order valence-electron chi connectivity index (χ3n) is 2.65. The van der Waals surface area contributed by atoms with Gasteiger partial charge in [-0.3, -0.25) is 9.44 Å². The van der Waals surface area contributed by atoms with Crippen molar-refractivity contribution in [2.24, 2.45) is 0 Å². The van der Waals surface area contributed by atoms with Crippen LogP contribution < -0.4 is 9.44 Å². The standard InChI is InChI=1S/C13H12F2N2O4S2/c1-22(18,19)16-11-4-2-3-5-12(11)17-23(20,21)13-7-6-9(14)8-10(13)15/h2-8,16-17H,1H3. The third kappa shape index (κ3) is 4.39. The second-order valence-corrected chi connectivity index (χ2v) is 8.00. The van der Waals surface area contributed by atoms with Crippen LogP contribution in [0.4, 0.5) is 20.2 Å². The molecule has 0 aliphatic heterocycles. The quantitative estimate of drug-likeness (QED) is 0.852. The van der Waals surface area contributed by atoms with Crippen LogP contribution in [0.3, 0.4) is 0 Å². The molecular formula is C13H12F2N2O4S2. The van der Waals surface area contributed by atoms with Gasteiger partial charge >= 0.3 is 0 Å². The highest BCUT2D eigenvalue weighted by Gasteiger charge is 2.21. The lowest BCUT2D eigenvalue weighted by Crippen LogP contribution is -2.17. The summed E-state index contributed by atoms with van der Waals surface area (Å²) in [5, 5.41) is 0. The van der Waals surface area contributed by atoms with E-state index in [1.165, 1.54) is 24.3 Å². The Bertz CT molecular complexity index is 944. The van der Waals surface area contributed by atoms with Crippen molar-refractivity contribution < 1.29 is 25.6 Å². The Morgan fingerprint density at radius 1 is 0.870 bits per heavy atom. The molecule has 10 heteroatoms. The summed E-state index contributed by atoms with van der Waals surface area (Å²) in [5.74, 6) is -2.17. The zero-order valence-electron chi connectivity index (χ0n) is 11.7. The summed E-state index contributed by atoms with van der Waals surface area (Å²) in [6, 6.07) is 7.61. The number of nitrogens with one attached hydrogen (secondary N) is 2. The van der Waals surface area contributed by atoms with Crippen molar-refractivity contribution >= 4 is 31.4 Å². The number of benzene rings is 2. The van der Waals surface area contributed by atoms with Gasteiger partial charge in [-0.2, -0.15) is 0 Å². The molecule has 0 saturated heterocycles. The lowest BCUT2D eigenvalue weighted by Gasteiger charge is -2.13. The van der Waals surface area contributed by atoms with Crippen molar-refractivity contribution in [1.82, 2.24) is 0 Å². The fourth-order valence-electron chi connectivity index (χ4n) is 1.75. The second kappa shape index (κ2) is 6.13. The molecule has 6 nitrogen and oxygen atoms in total. The van der Waals surface area contributed by atoms with Crippen LogP contribution >= 0.6 is 0 Å². The van der Waals surface area contributed by atoms with Crippen LogP contribution in [0.5, 0.6) is 0 Å². The van der Waals surface area contributed by atoms with E-state index < -0.39 is 36.6 Å². The first-order valence-electron chi connectivity index (χ1n) is 6.13. The fourth-order valence-corrected chi connectivity index (χ4v) is 3.47. The van der Waals surface area contributed by atoms with Crippen molar-refractivity contribution in [2.75, 3.05) is 15.7 Å². The Hall–Kier alpha value is -2.20. The SMILES string of the molecule is CS(=O)(=O)Nc1ccccc1NS(=O)(=O)c1ccc(F)cc1F. The van der Waals surface area contributed by atoms with Gasteiger partial charge in [0.25, 0.3) is 10.0 Å². The van der Waals surface area contributed by atoms with Crippen molar-refractivity contribution in [1.29, 1.82) is 0 Å². The van der Waals surface area contributed by atoms with Gasteiger partial charge < -0.3 is 0 Å². The van der Waals surface area contributed by atoms with E-state index in [4.69, 9.17) is 0 Å². The number of rotatable bonds is 5. The summed E-state index contributed by atoms with van der Waals surface area (Å²) in [6.07, 6.45) is 0.901. The topological polar surface area (TPSA) is 92.3 Å². The minimum absolute atomic E-state index is 0.0268. The Labute approximate surface area is 132 Å². The molecule has 0 amide bonds. The summed E-state index contributed by atoms with van der Waals surface area (Å²) in [6.45, 7) is 0. The molecule has 0 saturated carbocycles. The molecule has 2 rings (SSSR count). The molecule has 0 atom stereocenters. The molecule has 0 aliphatic rings. The van der Waals surface area contributed by atoms with E-state index in [9.17, 15) is 25.6 Å². The van der Waals surface area contributed by atoms with Gasteiger partial charge in [0.15, 0.2) is 0 Å². The second-order valence-electron chi connectivity index (χ2n) is 4.60. The molecule has 2 N–H and O–H groups in total. The van der Waals surface area contributed by atoms with Crippen LogP contribution in [0.15, 0.2) is 47.4 Å². The summed E-state index contributed by atoms with van der Waals surface area (Å²) in [5.41, 5.74) is -0.122. The van der Waals surface area contributed by atoms with Crippen LogP contribution in [-0.2, 0) is 20.0 Å². The van der Waals surface area contributed by atoms with E-state index >= 15 is 0 Å². The molecule has 124 valence electrons. The van der Waals surface area contributed by atoms with Gasteiger partial charge in [0.05, 0.1) is 17.6 Å². The van der Waals surface area contributed by atoms with E-state index in [1.807, 2.05) is 0 Å². The van der Waals surface area contributed by atoms with E-state index in [0.29, 0.717) is 6.07 Å². The predicted octanol–water partition coefficient (Wildman–Crippen LogP) is 2.14. The van der Waals surface area contributed by atoms with Gasteiger partial charge in [-0.25, -0.2) is 25.6 Å². The number of para-hydroxylation sites is 2. The van der Waals surface area contributed by atoms with Crippen molar-refractivity contribution in [3.8, 4) is 0 Å². The molecule has 23 heavy (non-hydrogen) atoms. The van der Waals surface area contributed by atoms with Crippen LogP contribution in [0.1, 0.15) is 0 Å². The zero-order chi connectivity index (χ0) is 17.3. The first kappa shape index (κ1) is 17.2. The first-order valence-corrected chi connectivity index (χ1v) is 9.51. The summed E-state index contributed by atoms with van der Waals surface area (Å²) < 4.78 is 77.7. The molecule has 0 aromatic heterocycles. The molecule has 2 aromatic carbocycles. The lowest BCUT2D eigenvalue weighted by molar-refractivity contribution is 0.551. The average Bonchev–Trinajstić information content (AvgIpc) is 2.38. The smallest absolute Gasteiger partial charge is 0.264 e. The van der Waals surface area contributed by atoms with E-state index in [1.54, 1.807) is 0 Å². The van der Waals surface area contributed by atoms with Gasteiger partial charge in [0, 0.05) is 6.07 Å². The zero-order valence-corrected chi connectivity index (χ0v) is 13.4. The molecular weight excluding hydrogens is 350 g/mol. The molecule has 0 aliphatic carbocycles. The van der Waals surface area contributed by atoms with Crippen LogP contribution in [0, 0.1) is 11.6 Å². The largest absolute Gasteiger partial charge is 0.282 e. The maximum Gasteiger partial charge on any atom is 0.264 e. The predicted molar refractivity (Wildman–Crippen MR) is 82.1 cm³/mol. The molecule has 0 unspecified atom stereocenters. The molecule has 0 bridgehead atoms. The van der Waals surface area contributed by atoms with Gasteiger partial charge in [0.2, 0.25) is 10.0 Å². The summed E-state index contributed by atoms with van der Waals surface area (Å²) >= 11 is 0. The van der Waals surface area contributed by atoms with Gasteiger partial charge in [0.1, 0.15) is 16.5 Å². The molecule has 0 heterocycles. The van der Waals surface area contributed by atoms with Crippen LogP contribution in [0.2, 0.25) is 0 Å². The Morgan fingerprint density at radius 2 is 1.43 bits per heavy atom. The lowest BCUT2D eigenvalue weighted by atomic mass is 10.3. The monoisotopic (exact) mass is 362 g/mol. The highest BCUT2D eigenvalue weighted by atomic mass is 32.2.